The van der Waals surface area contributed by atoms with E-state index in [9.17, 15) is 9.59 Å². The lowest BCUT2D eigenvalue weighted by Crippen LogP contribution is -2.38. The molecule has 9 heteroatoms. The van der Waals surface area contributed by atoms with Crippen LogP contribution in [-0.4, -0.2) is 62.7 Å². The molecule has 4 heterocycles. The third-order valence-electron chi connectivity index (χ3n) is 5.75. The number of nitrogens with one attached hydrogen (secondary N) is 1. The van der Waals surface area contributed by atoms with Crippen molar-refractivity contribution in [2.45, 2.75) is 38.6 Å². The number of aromatic amines is 1. The monoisotopic (exact) mass is 409 g/mol. The SMILES string of the molecule is Cc1ccnn1CCC(=O)N1CCC(c2cc3nc(N(C)C)ncc3c(=O)[nH]2)CC1. The Kier molecular flexibility index (Phi) is 5.52. The molecule has 158 valence electrons. The van der Waals surface area contributed by atoms with Gasteiger partial charge in [-0.3, -0.25) is 14.3 Å². The molecular weight excluding hydrogens is 382 g/mol. The molecule has 0 atom stereocenters. The van der Waals surface area contributed by atoms with E-state index in [1.165, 1.54) is 0 Å². The fourth-order valence-corrected chi connectivity index (χ4v) is 3.92. The zero-order chi connectivity index (χ0) is 21.3. The summed E-state index contributed by atoms with van der Waals surface area (Å²) in [6, 6.07) is 3.89. The first-order valence-electron chi connectivity index (χ1n) is 10.3. The van der Waals surface area contributed by atoms with Crippen LogP contribution in [0.1, 0.15) is 36.6 Å². The van der Waals surface area contributed by atoms with Gasteiger partial charge < -0.3 is 14.8 Å². The summed E-state index contributed by atoms with van der Waals surface area (Å²) in [5, 5.41) is 4.73. The van der Waals surface area contributed by atoms with Crippen molar-refractivity contribution in [3.63, 3.8) is 0 Å². The lowest BCUT2D eigenvalue weighted by molar-refractivity contribution is -0.132. The van der Waals surface area contributed by atoms with Crippen LogP contribution >= 0.6 is 0 Å². The zero-order valence-electron chi connectivity index (χ0n) is 17.6. The minimum atomic E-state index is -0.166. The normalized spacial score (nSPS) is 15.0. The van der Waals surface area contributed by atoms with E-state index in [1.54, 1.807) is 12.4 Å². The molecule has 0 radical (unpaired) electrons. The lowest BCUT2D eigenvalue weighted by atomic mass is 9.92. The van der Waals surface area contributed by atoms with Gasteiger partial charge in [-0.1, -0.05) is 0 Å². The summed E-state index contributed by atoms with van der Waals surface area (Å²) in [6.45, 7) is 3.96. The largest absolute Gasteiger partial charge is 0.347 e. The van der Waals surface area contributed by atoms with E-state index in [-0.39, 0.29) is 17.4 Å². The highest BCUT2D eigenvalue weighted by molar-refractivity contribution is 5.78. The number of aromatic nitrogens is 5. The van der Waals surface area contributed by atoms with Gasteiger partial charge >= 0.3 is 0 Å². The average Bonchev–Trinajstić information content (AvgIpc) is 3.16. The first-order valence-corrected chi connectivity index (χ1v) is 10.3. The van der Waals surface area contributed by atoms with Crippen LogP contribution in [0.5, 0.6) is 0 Å². The number of carbonyl (C=O) groups excluding carboxylic acids is 1. The van der Waals surface area contributed by atoms with Crippen LogP contribution in [0.4, 0.5) is 5.95 Å². The second-order valence-corrected chi connectivity index (χ2v) is 8.02. The number of hydrogen-bond acceptors (Lipinski definition) is 6. The zero-order valence-corrected chi connectivity index (χ0v) is 17.6. The van der Waals surface area contributed by atoms with Crippen molar-refractivity contribution >= 4 is 22.8 Å². The minimum Gasteiger partial charge on any atom is -0.347 e. The summed E-state index contributed by atoms with van der Waals surface area (Å²) < 4.78 is 1.86. The number of nitrogens with zero attached hydrogens (tertiary/aromatic N) is 6. The van der Waals surface area contributed by atoms with Gasteiger partial charge in [-0.2, -0.15) is 5.10 Å². The molecule has 0 bridgehead atoms. The third kappa shape index (κ3) is 4.05. The molecule has 0 aromatic carbocycles. The van der Waals surface area contributed by atoms with Gasteiger partial charge in [0.2, 0.25) is 11.9 Å². The van der Waals surface area contributed by atoms with Gasteiger partial charge in [0.1, 0.15) is 0 Å². The van der Waals surface area contributed by atoms with Crippen LogP contribution in [0.2, 0.25) is 0 Å². The van der Waals surface area contributed by atoms with E-state index in [0.717, 1.165) is 24.2 Å². The number of carbonyl (C=O) groups is 1. The standard InChI is InChI=1S/C21H27N7O2/c1-14-4-8-23-28(14)11-7-19(29)27-9-5-15(6-10-27)17-12-18-16(20(30)24-17)13-22-21(25-18)26(2)3/h4,8,12-13,15H,5-7,9-11H2,1-3H3,(H,24,30). The topological polar surface area (TPSA) is 100 Å². The third-order valence-corrected chi connectivity index (χ3v) is 5.75. The van der Waals surface area contributed by atoms with Crippen molar-refractivity contribution < 1.29 is 4.79 Å². The average molecular weight is 409 g/mol. The van der Waals surface area contributed by atoms with Gasteiger partial charge in [0.15, 0.2) is 0 Å². The van der Waals surface area contributed by atoms with Crippen molar-refractivity contribution in [2.75, 3.05) is 32.1 Å². The van der Waals surface area contributed by atoms with Crippen molar-refractivity contribution in [2.24, 2.45) is 0 Å². The Balaban J connectivity index is 1.42. The summed E-state index contributed by atoms with van der Waals surface area (Å²) in [6.07, 6.45) is 5.41. The fraction of sp³-hybridized carbons (Fsp3) is 0.476. The van der Waals surface area contributed by atoms with Crippen LogP contribution in [-0.2, 0) is 11.3 Å². The summed E-state index contributed by atoms with van der Waals surface area (Å²) in [4.78, 5) is 40.5. The predicted molar refractivity (Wildman–Crippen MR) is 115 cm³/mol. The van der Waals surface area contributed by atoms with Crippen LogP contribution < -0.4 is 10.5 Å². The molecule has 3 aromatic rings. The van der Waals surface area contributed by atoms with Crippen LogP contribution in [0.25, 0.3) is 10.9 Å². The summed E-state index contributed by atoms with van der Waals surface area (Å²) in [5.41, 5.74) is 2.43. The molecule has 0 aliphatic carbocycles. The van der Waals surface area contributed by atoms with Crippen molar-refractivity contribution in [1.29, 1.82) is 0 Å². The Labute approximate surface area is 174 Å². The number of H-pyrrole nitrogens is 1. The number of anilines is 1. The minimum absolute atomic E-state index is 0.152. The maximum Gasteiger partial charge on any atom is 0.259 e. The highest BCUT2D eigenvalue weighted by Crippen LogP contribution is 2.27. The van der Waals surface area contributed by atoms with Gasteiger partial charge in [-0.15, -0.1) is 0 Å². The number of piperidine rings is 1. The van der Waals surface area contributed by atoms with E-state index < -0.39 is 0 Å². The molecule has 9 nitrogen and oxygen atoms in total. The maximum absolute atomic E-state index is 12.6. The van der Waals surface area contributed by atoms with Crippen LogP contribution in [0.3, 0.4) is 0 Å². The molecule has 1 aliphatic heterocycles. The van der Waals surface area contributed by atoms with Crippen molar-refractivity contribution in [3.8, 4) is 0 Å². The van der Waals surface area contributed by atoms with Gasteiger partial charge in [-0.25, -0.2) is 9.97 Å². The van der Waals surface area contributed by atoms with E-state index in [0.29, 0.717) is 42.9 Å². The van der Waals surface area contributed by atoms with Crippen LogP contribution in [0, 0.1) is 6.92 Å². The predicted octanol–water partition coefficient (Wildman–Crippen LogP) is 1.69. The molecule has 0 spiro atoms. The van der Waals surface area contributed by atoms with Gasteiger partial charge in [0.25, 0.3) is 5.56 Å². The van der Waals surface area contributed by atoms with Crippen LogP contribution in [0.15, 0.2) is 29.3 Å². The molecule has 1 amide bonds. The number of amides is 1. The molecule has 3 aromatic heterocycles. The quantitative estimate of drug-likeness (QED) is 0.688. The number of aryl methyl sites for hydroxylation is 2. The molecular formula is C21H27N7O2. The Hall–Kier alpha value is -3.23. The Bertz CT molecular complexity index is 1110. The van der Waals surface area contributed by atoms with E-state index in [4.69, 9.17) is 0 Å². The van der Waals surface area contributed by atoms with Gasteiger partial charge in [0, 0.05) is 69.8 Å². The molecule has 4 rings (SSSR count). The van der Waals surface area contributed by atoms with Crippen molar-refractivity contribution in [3.05, 3.63) is 46.3 Å². The number of likely N-dealkylation sites (tertiary alicyclic amines) is 1. The lowest BCUT2D eigenvalue weighted by Gasteiger charge is -2.32. The first kappa shape index (κ1) is 20.1. The highest BCUT2D eigenvalue weighted by atomic mass is 16.2. The molecule has 30 heavy (non-hydrogen) atoms. The second kappa shape index (κ2) is 8.25. The summed E-state index contributed by atoms with van der Waals surface area (Å²) in [7, 11) is 3.74. The molecule has 1 fully saturated rings. The Morgan fingerprint density at radius 1 is 1.30 bits per heavy atom. The number of hydrogen-bond donors (Lipinski definition) is 1. The van der Waals surface area contributed by atoms with E-state index in [2.05, 4.69) is 20.1 Å². The van der Waals surface area contributed by atoms with Crippen molar-refractivity contribution in [1.82, 2.24) is 29.6 Å². The van der Waals surface area contributed by atoms with E-state index >= 15 is 0 Å². The molecule has 1 saturated heterocycles. The summed E-state index contributed by atoms with van der Waals surface area (Å²) >= 11 is 0. The first-order chi connectivity index (χ1) is 14.4. The second-order valence-electron chi connectivity index (χ2n) is 8.02. The van der Waals surface area contributed by atoms with Gasteiger partial charge in [0.05, 0.1) is 10.9 Å². The summed E-state index contributed by atoms with van der Waals surface area (Å²) in [5.74, 6) is 0.933. The maximum atomic E-state index is 12.6. The Morgan fingerprint density at radius 2 is 2.07 bits per heavy atom. The molecule has 0 saturated carbocycles. The fourth-order valence-electron chi connectivity index (χ4n) is 3.92. The smallest absolute Gasteiger partial charge is 0.259 e. The molecule has 0 unspecified atom stereocenters. The molecule has 1 aliphatic rings. The molecule has 1 N–H and O–H groups in total. The number of fused-ring (bicyclic) bond motifs is 1. The van der Waals surface area contributed by atoms with E-state index in [1.807, 2.05) is 47.6 Å². The number of pyridine rings is 1. The number of rotatable bonds is 5. The Morgan fingerprint density at radius 3 is 2.73 bits per heavy atom. The highest BCUT2D eigenvalue weighted by Gasteiger charge is 2.25. The van der Waals surface area contributed by atoms with Gasteiger partial charge in [-0.05, 0) is 31.9 Å².